The first-order valence-corrected chi connectivity index (χ1v) is 6.66. The normalized spacial score (nSPS) is 25.3. The Kier molecular flexibility index (Phi) is 4.35. The lowest BCUT2D eigenvalue weighted by Crippen LogP contribution is -2.18. The summed E-state index contributed by atoms with van der Waals surface area (Å²) in [7, 11) is 0. The van der Waals surface area contributed by atoms with E-state index in [-0.39, 0.29) is 0 Å². The molecule has 1 heterocycles. The molecule has 2 unspecified atom stereocenters. The maximum absolute atomic E-state index is 12.7. The predicted octanol–water partition coefficient (Wildman–Crippen LogP) is 3.99. The molecular formula is C14H21FN2. The molecule has 94 valence electrons. The molecule has 0 aromatic carbocycles. The van der Waals surface area contributed by atoms with Gasteiger partial charge in [0.05, 0.1) is 11.9 Å². The van der Waals surface area contributed by atoms with Crippen molar-refractivity contribution in [2.45, 2.75) is 51.5 Å². The third-order valence-electron chi connectivity index (χ3n) is 3.76. The van der Waals surface area contributed by atoms with Crippen LogP contribution in [0.3, 0.4) is 0 Å². The average Bonchev–Trinajstić information content (AvgIpc) is 2.57. The lowest BCUT2D eigenvalue weighted by atomic mass is 9.98. The Hall–Kier alpha value is -1.12. The third kappa shape index (κ3) is 3.69. The van der Waals surface area contributed by atoms with Crippen LogP contribution in [0, 0.1) is 11.9 Å². The highest BCUT2D eigenvalue weighted by molar-refractivity contribution is 5.40. The maximum Gasteiger partial charge on any atom is 0.212 e. The number of anilines is 1. The molecule has 3 heteroatoms. The van der Waals surface area contributed by atoms with Crippen molar-refractivity contribution in [2.24, 2.45) is 5.92 Å². The first kappa shape index (κ1) is 12.3. The molecule has 0 saturated heterocycles. The van der Waals surface area contributed by atoms with Crippen molar-refractivity contribution in [3.05, 3.63) is 24.3 Å². The minimum absolute atomic E-state index is 0.414. The molecule has 0 aliphatic heterocycles. The molecular weight excluding hydrogens is 215 g/mol. The highest BCUT2D eigenvalue weighted by Gasteiger charge is 2.17. The van der Waals surface area contributed by atoms with Crippen molar-refractivity contribution in [2.75, 3.05) is 5.32 Å². The van der Waals surface area contributed by atoms with Gasteiger partial charge in [-0.05, 0) is 37.3 Å². The minimum Gasteiger partial charge on any atom is -0.381 e. The van der Waals surface area contributed by atoms with Gasteiger partial charge in [-0.2, -0.15) is 4.39 Å². The number of pyridine rings is 1. The number of aromatic nitrogens is 1. The molecule has 1 N–H and O–H groups in total. The molecule has 1 fully saturated rings. The molecule has 1 saturated carbocycles. The van der Waals surface area contributed by atoms with E-state index < -0.39 is 5.95 Å². The first-order valence-electron chi connectivity index (χ1n) is 6.66. The summed E-state index contributed by atoms with van der Waals surface area (Å²) < 4.78 is 12.7. The van der Waals surface area contributed by atoms with E-state index in [2.05, 4.69) is 17.2 Å². The van der Waals surface area contributed by atoms with Gasteiger partial charge in [-0.25, -0.2) is 4.98 Å². The molecule has 0 radical (unpaired) electrons. The monoisotopic (exact) mass is 236 g/mol. The van der Waals surface area contributed by atoms with Crippen LogP contribution >= 0.6 is 0 Å². The Morgan fingerprint density at radius 3 is 2.88 bits per heavy atom. The SMILES string of the molecule is CCC1CCCC(Nc2ccc(F)nc2)CC1. The largest absolute Gasteiger partial charge is 0.381 e. The van der Waals surface area contributed by atoms with Crippen LogP contribution in [0.1, 0.15) is 45.4 Å². The van der Waals surface area contributed by atoms with Crippen molar-refractivity contribution in [3.8, 4) is 0 Å². The van der Waals surface area contributed by atoms with Crippen LogP contribution in [-0.2, 0) is 0 Å². The van der Waals surface area contributed by atoms with E-state index in [9.17, 15) is 4.39 Å². The fourth-order valence-electron chi connectivity index (χ4n) is 2.63. The van der Waals surface area contributed by atoms with Crippen LogP contribution in [0.2, 0.25) is 0 Å². The topological polar surface area (TPSA) is 24.9 Å². The third-order valence-corrected chi connectivity index (χ3v) is 3.76. The molecule has 2 rings (SSSR count). The quantitative estimate of drug-likeness (QED) is 0.634. The summed E-state index contributed by atoms with van der Waals surface area (Å²) in [6.07, 6.45) is 9.27. The zero-order valence-corrected chi connectivity index (χ0v) is 10.5. The van der Waals surface area contributed by atoms with E-state index in [0.717, 1.165) is 11.6 Å². The summed E-state index contributed by atoms with van der Waals surface area (Å²) in [5.41, 5.74) is 0.936. The number of rotatable bonds is 3. The molecule has 0 spiro atoms. The van der Waals surface area contributed by atoms with Gasteiger partial charge in [-0.15, -0.1) is 0 Å². The summed E-state index contributed by atoms with van der Waals surface area (Å²) in [6, 6.07) is 3.71. The summed E-state index contributed by atoms with van der Waals surface area (Å²) in [5.74, 6) is 0.482. The number of nitrogens with one attached hydrogen (secondary N) is 1. The summed E-state index contributed by atoms with van der Waals surface area (Å²) in [6.45, 7) is 2.28. The van der Waals surface area contributed by atoms with Gasteiger partial charge < -0.3 is 5.32 Å². The first-order chi connectivity index (χ1) is 8.28. The van der Waals surface area contributed by atoms with Crippen molar-refractivity contribution in [1.29, 1.82) is 0 Å². The second kappa shape index (κ2) is 5.99. The highest BCUT2D eigenvalue weighted by Crippen LogP contribution is 2.27. The molecule has 1 aliphatic carbocycles. The number of nitrogens with zero attached hydrogens (tertiary/aromatic N) is 1. The predicted molar refractivity (Wildman–Crippen MR) is 68.5 cm³/mol. The highest BCUT2D eigenvalue weighted by atomic mass is 19.1. The smallest absolute Gasteiger partial charge is 0.212 e. The lowest BCUT2D eigenvalue weighted by Gasteiger charge is -2.17. The van der Waals surface area contributed by atoms with Gasteiger partial charge in [-0.3, -0.25) is 0 Å². The molecule has 1 aromatic rings. The molecule has 17 heavy (non-hydrogen) atoms. The Balaban J connectivity index is 1.88. The van der Waals surface area contributed by atoms with Gasteiger partial charge in [0.25, 0.3) is 0 Å². The van der Waals surface area contributed by atoms with E-state index in [4.69, 9.17) is 0 Å². The molecule has 1 aromatic heterocycles. The van der Waals surface area contributed by atoms with E-state index in [1.165, 1.54) is 44.6 Å². The van der Waals surface area contributed by atoms with Gasteiger partial charge in [0, 0.05) is 6.04 Å². The van der Waals surface area contributed by atoms with Crippen molar-refractivity contribution in [1.82, 2.24) is 4.98 Å². The fraction of sp³-hybridized carbons (Fsp3) is 0.643. The summed E-state index contributed by atoms with van der Waals surface area (Å²) in [4.78, 5) is 3.67. The van der Waals surface area contributed by atoms with Crippen LogP contribution in [0.4, 0.5) is 10.1 Å². The van der Waals surface area contributed by atoms with Crippen LogP contribution in [0.15, 0.2) is 18.3 Å². The van der Waals surface area contributed by atoms with E-state index in [1.54, 1.807) is 12.3 Å². The van der Waals surface area contributed by atoms with Crippen molar-refractivity contribution < 1.29 is 4.39 Å². The van der Waals surface area contributed by atoms with Crippen molar-refractivity contribution >= 4 is 5.69 Å². The second-order valence-electron chi connectivity index (χ2n) is 4.99. The van der Waals surface area contributed by atoms with Gasteiger partial charge >= 0.3 is 0 Å². The Bertz CT molecular complexity index is 337. The average molecular weight is 236 g/mol. The Morgan fingerprint density at radius 1 is 1.29 bits per heavy atom. The standard InChI is InChI=1S/C14H21FN2/c1-2-11-4-3-5-12(7-6-11)17-13-8-9-14(15)16-10-13/h8-12,17H,2-7H2,1H3. The van der Waals surface area contributed by atoms with Gasteiger partial charge in [0.1, 0.15) is 0 Å². The molecule has 0 bridgehead atoms. The van der Waals surface area contributed by atoms with Crippen LogP contribution < -0.4 is 5.32 Å². The van der Waals surface area contributed by atoms with E-state index in [1.807, 2.05) is 0 Å². The van der Waals surface area contributed by atoms with Crippen LogP contribution in [0.5, 0.6) is 0 Å². The number of hydrogen-bond donors (Lipinski definition) is 1. The summed E-state index contributed by atoms with van der Waals surface area (Å²) in [5, 5.41) is 3.46. The number of hydrogen-bond acceptors (Lipinski definition) is 2. The zero-order valence-electron chi connectivity index (χ0n) is 10.5. The second-order valence-corrected chi connectivity index (χ2v) is 4.99. The Morgan fingerprint density at radius 2 is 2.18 bits per heavy atom. The molecule has 0 amide bonds. The fourth-order valence-corrected chi connectivity index (χ4v) is 2.63. The van der Waals surface area contributed by atoms with Gasteiger partial charge in [0.15, 0.2) is 0 Å². The maximum atomic E-state index is 12.7. The van der Waals surface area contributed by atoms with Gasteiger partial charge in [-0.1, -0.05) is 26.2 Å². The molecule has 1 aliphatic rings. The molecule has 2 nitrogen and oxygen atoms in total. The summed E-state index contributed by atoms with van der Waals surface area (Å²) >= 11 is 0. The lowest BCUT2D eigenvalue weighted by molar-refractivity contribution is 0.444. The minimum atomic E-state index is -0.414. The van der Waals surface area contributed by atoms with Crippen LogP contribution in [-0.4, -0.2) is 11.0 Å². The van der Waals surface area contributed by atoms with E-state index in [0.29, 0.717) is 6.04 Å². The van der Waals surface area contributed by atoms with Crippen LogP contribution in [0.25, 0.3) is 0 Å². The van der Waals surface area contributed by atoms with Gasteiger partial charge in [0.2, 0.25) is 5.95 Å². The zero-order chi connectivity index (χ0) is 12.1. The molecule has 2 atom stereocenters. The van der Waals surface area contributed by atoms with E-state index >= 15 is 0 Å². The number of halogens is 1. The van der Waals surface area contributed by atoms with Crippen molar-refractivity contribution in [3.63, 3.8) is 0 Å². The Labute approximate surface area is 103 Å².